The second-order valence-electron chi connectivity index (χ2n) is 6.65. The molecule has 120 valence electrons. The summed E-state index contributed by atoms with van der Waals surface area (Å²) in [4.78, 5) is 2.36. The van der Waals surface area contributed by atoms with Crippen LogP contribution in [-0.2, 0) is 13.5 Å². The van der Waals surface area contributed by atoms with Gasteiger partial charge in [0, 0.05) is 31.4 Å². The van der Waals surface area contributed by atoms with Gasteiger partial charge in [0.2, 0.25) is 5.52 Å². The van der Waals surface area contributed by atoms with Gasteiger partial charge in [-0.15, -0.1) is 0 Å². The second-order valence-corrected chi connectivity index (χ2v) is 6.65. The zero-order valence-corrected chi connectivity index (χ0v) is 14.4. The van der Waals surface area contributed by atoms with Gasteiger partial charge in [0.25, 0.3) is 0 Å². The van der Waals surface area contributed by atoms with E-state index in [0.717, 1.165) is 6.54 Å². The van der Waals surface area contributed by atoms with Crippen molar-refractivity contribution in [1.82, 2.24) is 0 Å². The summed E-state index contributed by atoms with van der Waals surface area (Å²) in [6.07, 6.45) is 9.03. The first kappa shape index (κ1) is 14.9. The number of hydrogen-bond donors (Lipinski definition) is 0. The molecule has 0 amide bonds. The van der Waals surface area contributed by atoms with E-state index in [9.17, 15) is 0 Å². The topological polar surface area (TPSA) is 7.12 Å². The molecule has 0 aliphatic carbocycles. The van der Waals surface area contributed by atoms with Crippen molar-refractivity contribution in [3.8, 4) is 0 Å². The highest BCUT2D eigenvalue weighted by molar-refractivity contribution is 5.88. The number of benzene rings is 2. The average Bonchev–Trinajstić information content (AvgIpc) is 2.62. The lowest BCUT2D eigenvalue weighted by molar-refractivity contribution is -0.644. The summed E-state index contributed by atoms with van der Waals surface area (Å²) in [6, 6.07) is 17.6. The molecule has 1 aliphatic heterocycles. The Hall–Kier alpha value is -2.61. The third kappa shape index (κ3) is 2.69. The normalized spacial score (nSPS) is 14.3. The summed E-state index contributed by atoms with van der Waals surface area (Å²) in [7, 11) is 4.28. The predicted octanol–water partition coefficient (Wildman–Crippen LogP) is 4.22. The van der Waals surface area contributed by atoms with Gasteiger partial charge in [-0.2, -0.15) is 0 Å². The molecule has 1 aromatic heterocycles. The van der Waals surface area contributed by atoms with Crippen molar-refractivity contribution in [2.75, 3.05) is 18.5 Å². The van der Waals surface area contributed by atoms with Crippen LogP contribution < -0.4 is 9.47 Å². The largest absolute Gasteiger partial charge is 0.374 e. The Kier molecular flexibility index (Phi) is 3.81. The molecule has 0 N–H and O–H groups in total. The number of rotatable bonds is 2. The summed E-state index contributed by atoms with van der Waals surface area (Å²) >= 11 is 0. The van der Waals surface area contributed by atoms with Crippen molar-refractivity contribution >= 4 is 28.7 Å². The molecule has 2 aromatic carbocycles. The monoisotopic (exact) mass is 315 g/mol. The fourth-order valence-electron chi connectivity index (χ4n) is 3.63. The number of fused-ring (bicyclic) bond motifs is 2. The van der Waals surface area contributed by atoms with E-state index in [1.54, 1.807) is 0 Å². The highest BCUT2D eigenvalue weighted by Crippen LogP contribution is 2.27. The van der Waals surface area contributed by atoms with Crippen LogP contribution in [0.15, 0.2) is 54.7 Å². The molecule has 1 aliphatic rings. The summed E-state index contributed by atoms with van der Waals surface area (Å²) in [5.74, 6) is 0. The summed E-state index contributed by atoms with van der Waals surface area (Å²) in [5, 5.41) is 1.29. The molecule has 2 heteroatoms. The summed E-state index contributed by atoms with van der Waals surface area (Å²) < 4.78 is 2.17. The van der Waals surface area contributed by atoms with E-state index in [-0.39, 0.29) is 0 Å². The van der Waals surface area contributed by atoms with Crippen molar-refractivity contribution in [1.29, 1.82) is 0 Å². The first-order valence-corrected chi connectivity index (χ1v) is 8.62. The summed E-state index contributed by atoms with van der Waals surface area (Å²) in [5.41, 5.74) is 6.65. The Morgan fingerprint density at radius 1 is 1.04 bits per heavy atom. The third-order valence-corrected chi connectivity index (χ3v) is 4.98. The van der Waals surface area contributed by atoms with Crippen molar-refractivity contribution in [3.05, 3.63) is 71.4 Å². The molecular formula is C22H23N2+. The van der Waals surface area contributed by atoms with Gasteiger partial charge in [-0.05, 0) is 47.7 Å². The minimum Gasteiger partial charge on any atom is -0.374 e. The lowest BCUT2D eigenvalue weighted by Gasteiger charge is -2.27. The minimum absolute atomic E-state index is 1.16. The van der Waals surface area contributed by atoms with E-state index in [1.165, 1.54) is 46.1 Å². The standard InChI is InChI=1S/C22H23N2/c1-23-14-5-6-19-16-17(10-12-21(19)23)9-11-18-13-15-24(2)22-8-4-3-7-20(18)22/h3-4,7-13,15-16H,5-6,14H2,1-2H3/q+1. The molecule has 24 heavy (non-hydrogen) atoms. The second kappa shape index (κ2) is 6.12. The highest BCUT2D eigenvalue weighted by atomic mass is 15.1. The van der Waals surface area contributed by atoms with Crippen LogP contribution in [0.4, 0.5) is 5.69 Å². The van der Waals surface area contributed by atoms with E-state index >= 15 is 0 Å². The van der Waals surface area contributed by atoms with Crippen LogP contribution in [0, 0.1) is 0 Å². The number of aromatic nitrogens is 1. The van der Waals surface area contributed by atoms with Crippen LogP contribution in [0.3, 0.4) is 0 Å². The molecule has 0 bridgehead atoms. The van der Waals surface area contributed by atoms with Crippen LogP contribution in [-0.4, -0.2) is 13.6 Å². The van der Waals surface area contributed by atoms with Crippen molar-refractivity contribution in [2.45, 2.75) is 12.8 Å². The zero-order valence-electron chi connectivity index (χ0n) is 14.4. The van der Waals surface area contributed by atoms with Crippen LogP contribution in [0.5, 0.6) is 0 Å². The molecule has 0 fully saturated rings. The highest BCUT2D eigenvalue weighted by Gasteiger charge is 2.13. The zero-order chi connectivity index (χ0) is 16.5. The third-order valence-electron chi connectivity index (χ3n) is 4.98. The number of anilines is 1. The van der Waals surface area contributed by atoms with E-state index in [0.29, 0.717) is 0 Å². The summed E-state index contributed by atoms with van der Waals surface area (Å²) in [6.45, 7) is 1.16. The molecule has 0 unspecified atom stereocenters. The first-order valence-electron chi connectivity index (χ1n) is 8.62. The van der Waals surface area contributed by atoms with Gasteiger partial charge in [0.05, 0.1) is 5.39 Å². The van der Waals surface area contributed by atoms with Crippen molar-refractivity contribution in [2.24, 2.45) is 7.05 Å². The first-order chi connectivity index (χ1) is 11.7. The van der Waals surface area contributed by atoms with E-state index in [2.05, 4.69) is 90.4 Å². The predicted molar refractivity (Wildman–Crippen MR) is 102 cm³/mol. The molecule has 0 saturated heterocycles. The van der Waals surface area contributed by atoms with Crippen LogP contribution in [0.2, 0.25) is 0 Å². The van der Waals surface area contributed by atoms with E-state index < -0.39 is 0 Å². The maximum Gasteiger partial charge on any atom is 0.212 e. The fourth-order valence-corrected chi connectivity index (χ4v) is 3.63. The molecule has 0 spiro atoms. The van der Waals surface area contributed by atoms with E-state index in [4.69, 9.17) is 0 Å². The van der Waals surface area contributed by atoms with Gasteiger partial charge in [-0.25, -0.2) is 4.57 Å². The molecule has 0 saturated carbocycles. The molecule has 4 rings (SSSR count). The maximum atomic E-state index is 2.36. The molecular weight excluding hydrogens is 292 g/mol. The Balaban J connectivity index is 1.70. The molecule has 0 radical (unpaired) electrons. The number of aryl methyl sites for hydroxylation is 2. The van der Waals surface area contributed by atoms with E-state index in [1.807, 2.05) is 0 Å². The average molecular weight is 315 g/mol. The Bertz CT molecular complexity index is 924. The van der Waals surface area contributed by atoms with Crippen LogP contribution in [0.25, 0.3) is 23.1 Å². The number of para-hydroxylation sites is 1. The Labute approximate surface area is 143 Å². The van der Waals surface area contributed by atoms with Gasteiger partial charge in [-0.3, -0.25) is 0 Å². The SMILES string of the molecule is CN1CCCc2cc(/C=C/c3cc[n+](C)c4ccccc34)ccc21. The number of pyridine rings is 1. The van der Waals surface area contributed by atoms with Crippen LogP contribution >= 0.6 is 0 Å². The molecule has 3 aromatic rings. The molecule has 2 heterocycles. The van der Waals surface area contributed by atoms with Gasteiger partial charge in [0.1, 0.15) is 7.05 Å². The number of hydrogen-bond acceptors (Lipinski definition) is 1. The lowest BCUT2D eigenvalue weighted by Crippen LogP contribution is -2.28. The van der Waals surface area contributed by atoms with Gasteiger partial charge in [-0.1, -0.05) is 30.4 Å². The van der Waals surface area contributed by atoms with Gasteiger partial charge in [0.15, 0.2) is 6.20 Å². The maximum absolute atomic E-state index is 2.36. The van der Waals surface area contributed by atoms with Crippen molar-refractivity contribution in [3.63, 3.8) is 0 Å². The van der Waals surface area contributed by atoms with Gasteiger partial charge < -0.3 is 4.90 Å². The minimum atomic E-state index is 1.16. The van der Waals surface area contributed by atoms with Crippen molar-refractivity contribution < 1.29 is 4.57 Å². The smallest absolute Gasteiger partial charge is 0.212 e. The quantitative estimate of drug-likeness (QED) is 0.642. The fraction of sp³-hybridized carbons (Fsp3) is 0.227. The Morgan fingerprint density at radius 3 is 2.83 bits per heavy atom. The molecule has 0 atom stereocenters. The lowest BCUT2D eigenvalue weighted by atomic mass is 9.99. The number of nitrogens with zero attached hydrogens (tertiary/aromatic N) is 2. The Morgan fingerprint density at radius 2 is 1.92 bits per heavy atom. The van der Waals surface area contributed by atoms with Gasteiger partial charge >= 0.3 is 0 Å². The molecule has 2 nitrogen and oxygen atoms in total. The van der Waals surface area contributed by atoms with Crippen LogP contribution in [0.1, 0.15) is 23.1 Å².